The fraction of sp³-hybridized carbons (Fsp3) is 0.500. The second kappa shape index (κ2) is 4.56. The molecule has 0 spiro atoms. The lowest BCUT2D eigenvalue weighted by Gasteiger charge is -2.17. The molecular weight excluding hydrogens is 179 g/mol. The number of rotatable bonds is 3. The van der Waals surface area contributed by atoms with E-state index in [9.17, 15) is 4.39 Å². The van der Waals surface area contributed by atoms with Gasteiger partial charge in [0.25, 0.3) is 0 Å². The van der Waals surface area contributed by atoms with Crippen molar-refractivity contribution in [2.75, 3.05) is 6.61 Å². The summed E-state index contributed by atoms with van der Waals surface area (Å²) in [5.74, 6) is -0.204. The zero-order chi connectivity index (χ0) is 10.6. The van der Waals surface area contributed by atoms with Crippen LogP contribution < -0.4 is 0 Å². The van der Waals surface area contributed by atoms with Crippen molar-refractivity contribution in [2.45, 2.75) is 27.4 Å². The standard InChI is InChI=1S/C12H17FO/c1-12(2,3)9-14-8-10-4-6-11(13)7-5-10/h4-7H,8-9H2,1-3H3. The number of ether oxygens (including phenoxy) is 1. The molecule has 0 radical (unpaired) electrons. The van der Waals surface area contributed by atoms with Gasteiger partial charge in [0.05, 0.1) is 13.2 Å². The van der Waals surface area contributed by atoms with E-state index >= 15 is 0 Å². The second-order valence-corrected chi connectivity index (χ2v) is 4.68. The van der Waals surface area contributed by atoms with Gasteiger partial charge in [0.15, 0.2) is 0 Å². The van der Waals surface area contributed by atoms with Crippen LogP contribution in [0.1, 0.15) is 26.3 Å². The first-order valence-electron chi connectivity index (χ1n) is 4.79. The Bertz CT molecular complexity index is 271. The molecule has 0 saturated heterocycles. The molecule has 0 amide bonds. The normalized spacial score (nSPS) is 11.7. The molecule has 1 rings (SSSR count). The first kappa shape index (κ1) is 11.2. The molecule has 0 aromatic heterocycles. The summed E-state index contributed by atoms with van der Waals surface area (Å²) in [4.78, 5) is 0. The summed E-state index contributed by atoms with van der Waals surface area (Å²) >= 11 is 0. The maximum Gasteiger partial charge on any atom is 0.123 e. The van der Waals surface area contributed by atoms with Crippen LogP contribution in [0.5, 0.6) is 0 Å². The van der Waals surface area contributed by atoms with Crippen LogP contribution in [-0.2, 0) is 11.3 Å². The smallest absolute Gasteiger partial charge is 0.123 e. The summed E-state index contributed by atoms with van der Waals surface area (Å²) in [5.41, 5.74) is 1.19. The first-order valence-corrected chi connectivity index (χ1v) is 4.79. The van der Waals surface area contributed by atoms with Gasteiger partial charge in [-0.15, -0.1) is 0 Å². The number of benzene rings is 1. The fourth-order valence-corrected chi connectivity index (χ4v) is 1.06. The molecule has 0 unspecified atom stereocenters. The summed E-state index contributed by atoms with van der Waals surface area (Å²) in [6.07, 6.45) is 0. The van der Waals surface area contributed by atoms with E-state index in [0.29, 0.717) is 13.2 Å². The number of halogens is 1. The van der Waals surface area contributed by atoms with Gasteiger partial charge < -0.3 is 4.74 Å². The minimum absolute atomic E-state index is 0.181. The van der Waals surface area contributed by atoms with Crippen LogP contribution in [0.15, 0.2) is 24.3 Å². The average molecular weight is 196 g/mol. The summed E-state index contributed by atoms with van der Waals surface area (Å²) in [5, 5.41) is 0. The van der Waals surface area contributed by atoms with Crippen LogP contribution in [0.2, 0.25) is 0 Å². The van der Waals surface area contributed by atoms with Crippen molar-refractivity contribution >= 4 is 0 Å². The predicted octanol–water partition coefficient (Wildman–Crippen LogP) is 3.39. The van der Waals surface area contributed by atoms with Gasteiger partial charge in [-0.25, -0.2) is 4.39 Å². The molecule has 0 heterocycles. The number of hydrogen-bond donors (Lipinski definition) is 0. The molecule has 0 aliphatic heterocycles. The Kier molecular flexibility index (Phi) is 3.64. The summed E-state index contributed by atoms with van der Waals surface area (Å²) < 4.78 is 18.1. The lowest BCUT2D eigenvalue weighted by molar-refractivity contribution is 0.0599. The van der Waals surface area contributed by atoms with Crippen molar-refractivity contribution in [3.05, 3.63) is 35.6 Å². The van der Waals surface area contributed by atoms with Crippen molar-refractivity contribution in [1.82, 2.24) is 0 Å². The van der Waals surface area contributed by atoms with E-state index in [2.05, 4.69) is 20.8 Å². The Morgan fingerprint density at radius 1 is 1.14 bits per heavy atom. The van der Waals surface area contributed by atoms with Gasteiger partial charge >= 0.3 is 0 Å². The third-order valence-corrected chi connectivity index (χ3v) is 1.72. The minimum Gasteiger partial charge on any atom is -0.376 e. The highest BCUT2D eigenvalue weighted by atomic mass is 19.1. The van der Waals surface area contributed by atoms with E-state index in [1.807, 2.05) is 0 Å². The van der Waals surface area contributed by atoms with E-state index in [-0.39, 0.29) is 11.2 Å². The van der Waals surface area contributed by atoms with Crippen LogP contribution in [0.4, 0.5) is 4.39 Å². The number of hydrogen-bond acceptors (Lipinski definition) is 1. The van der Waals surface area contributed by atoms with Crippen LogP contribution >= 0.6 is 0 Å². The molecule has 0 N–H and O–H groups in total. The van der Waals surface area contributed by atoms with Crippen molar-refractivity contribution < 1.29 is 9.13 Å². The minimum atomic E-state index is -0.204. The van der Waals surface area contributed by atoms with E-state index in [0.717, 1.165) is 5.56 Å². The second-order valence-electron chi connectivity index (χ2n) is 4.68. The molecule has 2 heteroatoms. The monoisotopic (exact) mass is 196 g/mol. The zero-order valence-electron chi connectivity index (χ0n) is 9.01. The third-order valence-electron chi connectivity index (χ3n) is 1.72. The van der Waals surface area contributed by atoms with Gasteiger partial charge in [-0.2, -0.15) is 0 Å². The Labute approximate surface area is 84.9 Å². The Balaban J connectivity index is 2.35. The Morgan fingerprint density at radius 3 is 2.21 bits per heavy atom. The molecule has 0 fully saturated rings. The summed E-state index contributed by atoms with van der Waals surface area (Å²) in [6, 6.07) is 6.40. The molecule has 1 aromatic carbocycles. The van der Waals surface area contributed by atoms with Gasteiger partial charge in [-0.3, -0.25) is 0 Å². The van der Waals surface area contributed by atoms with Gasteiger partial charge in [0.2, 0.25) is 0 Å². The molecule has 0 saturated carbocycles. The molecule has 0 atom stereocenters. The topological polar surface area (TPSA) is 9.23 Å². The molecule has 78 valence electrons. The molecular formula is C12H17FO. The largest absolute Gasteiger partial charge is 0.376 e. The molecule has 0 aliphatic rings. The zero-order valence-corrected chi connectivity index (χ0v) is 9.01. The Morgan fingerprint density at radius 2 is 1.71 bits per heavy atom. The van der Waals surface area contributed by atoms with Gasteiger partial charge in [0, 0.05) is 0 Å². The molecule has 1 nitrogen and oxygen atoms in total. The van der Waals surface area contributed by atoms with Crippen LogP contribution in [0, 0.1) is 11.2 Å². The molecule has 0 aliphatic carbocycles. The lowest BCUT2D eigenvalue weighted by Crippen LogP contribution is -2.14. The van der Waals surface area contributed by atoms with Crippen molar-refractivity contribution in [2.24, 2.45) is 5.41 Å². The summed E-state index contributed by atoms with van der Waals surface area (Å²) in [7, 11) is 0. The molecule has 1 aromatic rings. The first-order chi connectivity index (χ1) is 6.47. The maximum atomic E-state index is 12.6. The van der Waals surface area contributed by atoms with Crippen molar-refractivity contribution in [3.8, 4) is 0 Å². The highest BCUT2D eigenvalue weighted by molar-refractivity contribution is 5.14. The van der Waals surface area contributed by atoms with E-state index < -0.39 is 0 Å². The average Bonchev–Trinajstić information content (AvgIpc) is 2.06. The molecule has 14 heavy (non-hydrogen) atoms. The van der Waals surface area contributed by atoms with Crippen molar-refractivity contribution in [3.63, 3.8) is 0 Å². The highest BCUT2D eigenvalue weighted by Gasteiger charge is 2.09. The van der Waals surface area contributed by atoms with Crippen LogP contribution in [0.25, 0.3) is 0 Å². The van der Waals surface area contributed by atoms with Crippen LogP contribution in [0.3, 0.4) is 0 Å². The SMILES string of the molecule is CC(C)(C)COCc1ccc(F)cc1. The van der Waals surface area contributed by atoms with Crippen LogP contribution in [-0.4, -0.2) is 6.61 Å². The van der Waals surface area contributed by atoms with E-state index in [4.69, 9.17) is 4.74 Å². The lowest BCUT2D eigenvalue weighted by atomic mass is 9.99. The van der Waals surface area contributed by atoms with Crippen molar-refractivity contribution in [1.29, 1.82) is 0 Å². The third kappa shape index (κ3) is 4.38. The van der Waals surface area contributed by atoms with Gasteiger partial charge in [0.1, 0.15) is 5.82 Å². The van der Waals surface area contributed by atoms with E-state index in [1.165, 1.54) is 12.1 Å². The van der Waals surface area contributed by atoms with Gasteiger partial charge in [-0.1, -0.05) is 32.9 Å². The predicted molar refractivity (Wildman–Crippen MR) is 55.5 cm³/mol. The fourth-order valence-electron chi connectivity index (χ4n) is 1.06. The maximum absolute atomic E-state index is 12.6. The quantitative estimate of drug-likeness (QED) is 0.720. The Hall–Kier alpha value is -0.890. The van der Waals surface area contributed by atoms with E-state index in [1.54, 1.807) is 12.1 Å². The molecule has 0 bridgehead atoms. The van der Waals surface area contributed by atoms with Gasteiger partial charge in [-0.05, 0) is 23.1 Å². The summed E-state index contributed by atoms with van der Waals surface area (Å²) in [6.45, 7) is 7.63. The highest BCUT2D eigenvalue weighted by Crippen LogP contribution is 2.14.